The first-order valence-electron chi connectivity index (χ1n) is 10.1. The highest BCUT2D eigenvalue weighted by atomic mass is 14.1. The van der Waals surface area contributed by atoms with Gasteiger partial charge in [0.1, 0.15) is 0 Å². The third-order valence-electron chi connectivity index (χ3n) is 2.78. The molecule has 0 nitrogen and oxygen atoms in total. The first-order chi connectivity index (χ1) is 10.5. The van der Waals surface area contributed by atoms with Crippen LogP contribution in [0.3, 0.4) is 0 Å². The Labute approximate surface area is 145 Å². The van der Waals surface area contributed by atoms with Crippen LogP contribution in [0.15, 0.2) is 12.2 Å². The zero-order valence-electron chi connectivity index (χ0n) is 18.0. The molecule has 0 aromatic heterocycles. The fraction of sp³-hybridized carbons (Fsp3) is 0.909. The number of hydrogen-bond donors (Lipinski definition) is 0. The summed E-state index contributed by atoms with van der Waals surface area (Å²) in [4.78, 5) is 0. The summed E-state index contributed by atoms with van der Waals surface area (Å²) < 4.78 is 0. The van der Waals surface area contributed by atoms with E-state index in [4.69, 9.17) is 0 Å². The maximum absolute atomic E-state index is 2.40. The summed E-state index contributed by atoms with van der Waals surface area (Å²) >= 11 is 0. The van der Waals surface area contributed by atoms with Gasteiger partial charge >= 0.3 is 0 Å². The van der Waals surface area contributed by atoms with Crippen molar-refractivity contribution in [3.05, 3.63) is 12.2 Å². The van der Waals surface area contributed by atoms with Gasteiger partial charge in [-0.25, -0.2) is 0 Å². The van der Waals surface area contributed by atoms with Crippen molar-refractivity contribution in [2.45, 2.75) is 121 Å². The first-order valence-corrected chi connectivity index (χ1v) is 10.1. The molecule has 0 N–H and O–H groups in total. The minimum atomic E-state index is 0.880. The van der Waals surface area contributed by atoms with Crippen molar-refractivity contribution in [3.63, 3.8) is 0 Å². The van der Waals surface area contributed by atoms with E-state index in [0.717, 1.165) is 11.8 Å². The Kier molecular flexibility index (Phi) is 44.1. The minimum absolute atomic E-state index is 0.880. The topological polar surface area (TPSA) is 0 Å². The number of hydrogen-bond acceptors (Lipinski definition) is 0. The van der Waals surface area contributed by atoms with Crippen molar-refractivity contribution in [3.8, 4) is 0 Å². The Hall–Kier alpha value is -0.260. The average Bonchev–Trinajstić information content (AvgIpc) is 2.47. The average molecular weight is 315 g/mol. The largest absolute Gasteiger partial charge is 0.0917 e. The van der Waals surface area contributed by atoms with E-state index in [1.165, 1.54) is 51.4 Å². The first kappa shape index (κ1) is 29.7. The van der Waals surface area contributed by atoms with E-state index < -0.39 is 0 Å². The van der Waals surface area contributed by atoms with Crippen LogP contribution in [0.4, 0.5) is 0 Å². The van der Waals surface area contributed by atoms with Crippen LogP contribution in [0.5, 0.6) is 0 Å². The third kappa shape index (κ3) is 50.3. The molecule has 0 saturated carbocycles. The predicted molar refractivity (Wildman–Crippen MR) is 110 cm³/mol. The molecule has 1 atom stereocenters. The van der Waals surface area contributed by atoms with Gasteiger partial charge in [-0.2, -0.15) is 0 Å². The van der Waals surface area contributed by atoms with Crippen molar-refractivity contribution in [2.24, 2.45) is 11.8 Å². The number of rotatable bonds is 8. The normalized spacial score (nSPS) is 10.9. The van der Waals surface area contributed by atoms with E-state index in [0.29, 0.717) is 0 Å². The quantitative estimate of drug-likeness (QED) is 0.309. The molecular weight excluding hydrogens is 264 g/mol. The Bertz CT molecular complexity index is 153. The highest BCUT2D eigenvalue weighted by Crippen LogP contribution is 2.17. The lowest BCUT2D eigenvalue weighted by Gasteiger charge is -2.11. The minimum Gasteiger partial charge on any atom is -0.0917 e. The molecule has 0 aromatic carbocycles. The molecule has 0 aliphatic heterocycles. The van der Waals surface area contributed by atoms with Crippen molar-refractivity contribution < 1.29 is 0 Å². The van der Waals surface area contributed by atoms with E-state index in [9.17, 15) is 0 Å². The Balaban J connectivity index is -0.000000170. The summed E-state index contributed by atoms with van der Waals surface area (Å²) in [6.45, 7) is 21.6. The van der Waals surface area contributed by atoms with Gasteiger partial charge in [0, 0.05) is 0 Å². The predicted octanol–water partition coefficient (Wildman–Crippen LogP) is 9.05. The van der Waals surface area contributed by atoms with Crippen molar-refractivity contribution in [1.82, 2.24) is 0 Å². The van der Waals surface area contributed by atoms with Crippen LogP contribution in [0, 0.1) is 11.8 Å². The van der Waals surface area contributed by atoms with Gasteiger partial charge < -0.3 is 0 Å². The van der Waals surface area contributed by atoms with Crippen LogP contribution >= 0.6 is 0 Å². The third-order valence-corrected chi connectivity index (χ3v) is 2.78. The van der Waals surface area contributed by atoms with Crippen molar-refractivity contribution in [2.75, 3.05) is 0 Å². The molecule has 0 fully saturated rings. The van der Waals surface area contributed by atoms with Gasteiger partial charge in [0.15, 0.2) is 0 Å². The lowest BCUT2D eigenvalue weighted by atomic mass is 9.95. The Morgan fingerprint density at radius 1 is 0.727 bits per heavy atom. The van der Waals surface area contributed by atoms with Gasteiger partial charge in [-0.05, 0) is 31.6 Å². The highest BCUT2D eigenvalue weighted by molar-refractivity contribution is 4.76. The van der Waals surface area contributed by atoms with Crippen LogP contribution in [-0.2, 0) is 0 Å². The molecular formula is C22H50. The molecule has 0 aliphatic rings. The standard InChI is InChI=1S/C14H28.2C3H8.C2H6/c1-5-6-7-8-11-14(4)12-9-10-13(2)3;2*1-3-2;1-2/h5-6,13-14H,7-12H2,1-4H3;2*3H2,1-2H3;1-2H3/b6-5+;;;. The fourth-order valence-electron chi connectivity index (χ4n) is 1.77. The van der Waals surface area contributed by atoms with Crippen LogP contribution in [0.2, 0.25) is 0 Å². The van der Waals surface area contributed by atoms with Crippen molar-refractivity contribution >= 4 is 0 Å². The Morgan fingerprint density at radius 3 is 1.50 bits per heavy atom. The van der Waals surface area contributed by atoms with Gasteiger partial charge in [-0.15, -0.1) is 0 Å². The van der Waals surface area contributed by atoms with E-state index >= 15 is 0 Å². The van der Waals surface area contributed by atoms with E-state index in [1.54, 1.807) is 0 Å². The van der Waals surface area contributed by atoms with Crippen LogP contribution < -0.4 is 0 Å². The molecule has 1 unspecified atom stereocenters. The summed E-state index contributed by atoms with van der Waals surface area (Å²) in [5.41, 5.74) is 0. The Morgan fingerprint density at radius 2 is 1.14 bits per heavy atom. The molecule has 0 aliphatic carbocycles. The number of unbranched alkanes of at least 4 members (excludes halogenated alkanes) is 1. The molecule has 138 valence electrons. The summed E-state index contributed by atoms with van der Waals surface area (Å²) in [6.07, 6.45) is 15.2. The second kappa shape index (κ2) is 32.6. The molecule has 0 heteroatoms. The summed E-state index contributed by atoms with van der Waals surface area (Å²) in [5, 5.41) is 0. The summed E-state index contributed by atoms with van der Waals surface area (Å²) in [7, 11) is 0. The maximum Gasteiger partial charge on any atom is -0.0351 e. The smallest absolute Gasteiger partial charge is 0.0351 e. The molecule has 0 spiro atoms. The van der Waals surface area contributed by atoms with E-state index in [2.05, 4.69) is 67.5 Å². The molecule has 0 bridgehead atoms. The molecule has 0 radical (unpaired) electrons. The zero-order chi connectivity index (χ0) is 18.2. The summed E-state index contributed by atoms with van der Waals surface area (Å²) in [5.74, 6) is 1.81. The van der Waals surface area contributed by atoms with Crippen LogP contribution in [0.1, 0.15) is 121 Å². The lowest BCUT2D eigenvalue weighted by Crippen LogP contribution is -1.96. The van der Waals surface area contributed by atoms with Gasteiger partial charge in [-0.1, -0.05) is 113 Å². The second-order valence-corrected chi connectivity index (χ2v) is 6.34. The summed E-state index contributed by atoms with van der Waals surface area (Å²) in [6, 6.07) is 0. The molecule has 0 rings (SSSR count). The van der Waals surface area contributed by atoms with Gasteiger partial charge in [-0.3, -0.25) is 0 Å². The van der Waals surface area contributed by atoms with E-state index in [1.807, 2.05) is 13.8 Å². The van der Waals surface area contributed by atoms with Gasteiger partial charge in [0.05, 0.1) is 0 Å². The molecule has 0 amide bonds. The molecule has 0 heterocycles. The molecule has 0 saturated heterocycles. The van der Waals surface area contributed by atoms with E-state index in [-0.39, 0.29) is 0 Å². The second-order valence-electron chi connectivity index (χ2n) is 6.34. The monoisotopic (exact) mass is 314 g/mol. The SMILES string of the molecule is C/C=C/CCCC(C)CCCC(C)C.CC.CCC.CCC. The van der Waals surface area contributed by atoms with Gasteiger partial charge in [0.2, 0.25) is 0 Å². The zero-order valence-corrected chi connectivity index (χ0v) is 18.0. The molecule has 22 heavy (non-hydrogen) atoms. The maximum atomic E-state index is 2.40. The highest BCUT2D eigenvalue weighted by Gasteiger charge is 2.02. The fourth-order valence-corrected chi connectivity index (χ4v) is 1.77. The number of allylic oxidation sites excluding steroid dienone is 2. The lowest BCUT2D eigenvalue weighted by molar-refractivity contribution is 0.428. The van der Waals surface area contributed by atoms with Crippen LogP contribution in [-0.4, -0.2) is 0 Å². The van der Waals surface area contributed by atoms with Crippen molar-refractivity contribution in [1.29, 1.82) is 0 Å². The van der Waals surface area contributed by atoms with Gasteiger partial charge in [0.25, 0.3) is 0 Å². The van der Waals surface area contributed by atoms with Crippen LogP contribution in [0.25, 0.3) is 0 Å². The molecule has 0 aromatic rings.